The summed E-state index contributed by atoms with van der Waals surface area (Å²) in [6, 6.07) is 3.67. The van der Waals surface area contributed by atoms with Crippen LogP contribution in [-0.4, -0.2) is 15.3 Å². The van der Waals surface area contributed by atoms with Crippen LogP contribution in [-0.2, 0) is 0 Å². The summed E-state index contributed by atoms with van der Waals surface area (Å²) in [4.78, 5) is 10.7. The number of nitro groups is 1. The van der Waals surface area contributed by atoms with Crippen LogP contribution < -0.4 is 9.90 Å². The molecule has 0 aliphatic heterocycles. The van der Waals surface area contributed by atoms with Crippen molar-refractivity contribution in [2.24, 2.45) is 0 Å². The predicted molar refractivity (Wildman–Crippen MR) is 46.9 cm³/mol. The lowest BCUT2D eigenvalue weighted by molar-refractivity contribution is -0.726. The van der Waals surface area contributed by atoms with Gasteiger partial charge in [0.1, 0.15) is 10.3 Å². The highest BCUT2D eigenvalue weighted by atomic mass is 35.5. The van der Waals surface area contributed by atoms with Gasteiger partial charge in [0.2, 0.25) is 6.08 Å². The Hall–Kier alpha value is -2.22. The lowest BCUT2D eigenvalue weighted by Crippen LogP contribution is -2.36. The number of hydrogen-bond donors (Lipinski definition) is 0. The molecule has 9 heteroatoms. The first-order valence-electron chi connectivity index (χ1n) is 3.95. The zero-order chi connectivity index (χ0) is 11.7. The number of non-ortho nitro benzene ring substituents is 1. The van der Waals surface area contributed by atoms with E-state index < -0.39 is 11.0 Å². The fraction of sp³-hybridized carbons (Fsp3) is 0. The third-order valence-electron chi connectivity index (χ3n) is 1.73. The summed E-state index contributed by atoms with van der Waals surface area (Å²) in [7, 11) is 0. The molecule has 1 aromatic heterocycles. The normalized spacial score (nSPS) is 10.3. The average molecular weight is 243 g/mol. The van der Waals surface area contributed by atoms with E-state index in [4.69, 9.17) is 11.6 Å². The van der Waals surface area contributed by atoms with E-state index in [9.17, 15) is 15.2 Å². The maximum Gasteiger partial charge on any atom is 0.294 e. The summed E-state index contributed by atoms with van der Waals surface area (Å²) in [6.45, 7) is 0. The summed E-state index contributed by atoms with van der Waals surface area (Å²) >= 11 is 5.78. The second-order valence-electron chi connectivity index (χ2n) is 2.72. The van der Waals surface area contributed by atoms with Gasteiger partial charge in [-0.3, -0.25) is 10.1 Å². The molecule has 82 valence electrons. The van der Waals surface area contributed by atoms with Crippen LogP contribution in [0.25, 0.3) is 5.69 Å². The molecule has 2 rings (SSSR count). The average Bonchev–Trinajstić information content (AvgIpc) is 2.65. The van der Waals surface area contributed by atoms with E-state index in [1.54, 1.807) is 0 Å². The van der Waals surface area contributed by atoms with Crippen molar-refractivity contribution in [2.75, 3.05) is 0 Å². The van der Waals surface area contributed by atoms with Crippen molar-refractivity contribution in [1.29, 1.82) is 0 Å². The number of rotatable bonds is 2. The minimum Gasteiger partial charge on any atom is -0.523 e. The maximum atomic E-state index is 10.7. The van der Waals surface area contributed by atoms with E-state index in [0.29, 0.717) is 0 Å². The standard InChI is InChI=1S/C7H3ClN4O4/c8-5-2-1-4(12(14)15)3-6(5)11-9-7(13)16-10-11/h1-3H. The Morgan fingerprint density at radius 1 is 1.50 bits per heavy atom. The van der Waals surface area contributed by atoms with Gasteiger partial charge in [0.15, 0.2) is 0 Å². The quantitative estimate of drug-likeness (QED) is 0.416. The summed E-state index contributed by atoms with van der Waals surface area (Å²) in [5.41, 5.74) is -0.0918. The molecule has 0 N–H and O–H groups in total. The third kappa shape index (κ3) is 1.77. The van der Waals surface area contributed by atoms with E-state index >= 15 is 0 Å². The molecule has 0 aliphatic rings. The van der Waals surface area contributed by atoms with E-state index in [-0.39, 0.29) is 16.4 Å². The van der Waals surface area contributed by atoms with E-state index in [0.717, 1.165) is 10.9 Å². The van der Waals surface area contributed by atoms with Gasteiger partial charge in [-0.25, -0.2) is 0 Å². The number of halogens is 1. The molecule has 8 nitrogen and oxygen atoms in total. The van der Waals surface area contributed by atoms with Crippen LogP contribution in [0.4, 0.5) is 5.69 Å². The van der Waals surface area contributed by atoms with Crippen molar-refractivity contribution in [2.45, 2.75) is 0 Å². The van der Waals surface area contributed by atoms with Crippen LogP contribution in [0.3, 0.4) is 0 Å². The number of nitro benzene ring substituents is 1. The Kier molecular flexibility index (Phi) is 2.41. The third-order valence-corrected chi connectivity index (χ3v) is 2.05. The lowest BCUT2D eigenvalue weighted by Gasteiger charge is -1.92. The molecule has 2 aromatic rings. The lowest BCUT2D eigenvalue weighted by atomic mass is 10.3. The highest BCUT2D eigenvalue weighted by Crippen LogP contribution is 2.21. The van der Waals surface area contributed by atoms with Gasteiger partial charge in [0, 0.05) is 6.07 Å². The zero-order valence-corrected chi connectivity index (χ0v) is 8.29. The molecule has 0 spiro atoms. The van der Waals surface area contributed by atoms with Gasteiger partial charge in [0.25, 0.3) is 11.4 Å². The Bertz CT molecular complexity index is 555. The monoisotopic (exact) mass is 242 g/mol. The summed E-state index contributed by atoms with van der Waals surface area (Å²) in [6.07, 6.45) is -0.914. The highest BCUT2D eigenvalue weighted by Gasteiger charge is 2.21. The maximum absolute atomic E-state index is 10.7. The Morgan fingerprint density at radius 2 is 2.25 bits per heavy atom. The van der Waals surface area contributed by atoms with E-state index in [1.807, 2.05) is 0 Å². The van der Waals surface area contributed by atoms with Crippen LogP contribution in [0.15, 0.2) is 22.7 Å². The van der Waals surface area contributed by atoms with Crippen molar-refractivity contribution in [3.8, 4) is 11.8 Å². The number of benzene rings is 1. The summed E-state index contributed by atoms with van der Waals surface area (Å²) in [5.74, 6) is 0. The van der Waals surface area contributed by atoms with Crippen molar-refractivity contribution in [3.63, 3.8) is 0 Å². The van der Waals surface area contributed by atoms with Crippen molar-refractivity contribution < 1.29 is 19.3 Å². The molecule has 0 unspecified atom stereocenters. The largest absolute Gasteiger partial charge is 0.523 e. The molecule has 0 bridgehead atoms. The molecular formula is C7H3ClN4O4. The Balaban J connectivity index is 2.55. The van der Waals surface area contributed by atoms with Crippen LogP contribution in [0.1, 0.15) is 0 Å². The van der Waals surface area contributed by atoms with E-state index in [2.05, 4.69) is 14.9 Å². The Labute approximate surface area is 92.8 Å². The molecule has 0 fully saturated rings. The first kappa shape index (κ1) is 10.3. The fourth-order valence-corrected chi connectivity index (χ4v) is 1.25. The second-order valence-corrected chi connectivity index (χ2v) is 3.13. The number of nitrogens with zero attached hydrogens (tertiary/aromatic N) is 4. The topological polar surface area (TPSA) is 109 Å². The van der Waals surface area contributed by atoms with E-state index in [1.165, 1.54) is 12.1 Å². The minimum atomic E-state index is -0.914. The fourth-order valence-electron chi connectivity index (χ4n) is 1.05. The second kappa shape index (κ2) is 3.74. The summed E-state index contributed by atoms with van der Waals surface area (Å²) < 4.78 is 4.19. The van der Waals surface area contributed by atoms with Gasteiger partial charge in [-0.15, -0.1) is 0 Å². The molecule has 1 heterocycles. The van der Waals surface area contributed by atoms with Gasteiger partial charge in [0.05, 0.1) is 20.9 Å². The smallest absolute Gasteiger partial charge is 0.294 e. The first-order chi connectivity index (χ1) is 7.58. The molecule has 0 atom stereocenters. The van der Waals surface area contributed by atoms with Gasteiger partial charge in [-0.05, 0) is 6.07 Å². The number of hydrogen-bond acceptors (Lipinski definition) is 6. The highest BCUT2D eigenvalue weighted by molar-refractivity contribution is 6.32. The van der Waals surface area contributed by atoms with Gasteiger partial charge in [-0.2, -0.15) is 0 Å². The molecule has 1 aromatic carbocycles. The van der Waals surface area contributed by atoms with Crippen LogP contribution in [0, 0.1) is 10.1 Å². The molecule has 0 amide bonds. The molecule has 0 radical (unpaired) electrons. The molecule has 0 aliphatic carbocycles. The molecular weight excluding hydrogens is 240 g/mol. The van der Waals surface area contributed by atoms with Crippen molar-refractivity contribution >= 4 is 17.3 Å². The van der Waals surface area contributed by atoms with Gasteiger partial charge >= 0.3 is 0 Å². The van der Waals surface area contributed by atoms with Crippen molar-refractivity contribution in [3.05, 3.63) is 33.3 Å². The van der Waals surface area contributed by atoms with Crippen LogP contribution in [0.2, 0.25) is 5.02 Å². The van der Waals surface area contributed by atoms with Gasteiger partial charge in [-0.1, -0.05) is 11.6 Å². The zero-order valence-electron chi connectivity index (χ0n) is 7.53. The summed E-state index contributed by atoms with van der Waals surface area (Å²) in [5, 5.41) is 27.9. The van der Waals surface area contributed by atoms with Crippen molar-refractivity contribution in [1.82, 2.24) is 10.4 Å². The van der Waals surface area contributed by atoms with Gasteiger partial charge < -0.3 is 9.63 Å². The SMILES string of the molecule is O=[N+]([O-])c1ccc(Cl)c(-[n+]2noc([O-])n2)c1. The molecule has 0 saturated carbocycles. The first-order valence-corrected chi connectivity index (χ1v) is 4.33. The predicted octanol–water partition coefficient (Wildman–Crippen LogP) is -0.0185. The molecule has 0 saturated heterocycles. The van der Waals surface area contributed by atoms with Crippen LogP contribution >= 0.6 is 11.6 Å². The number of aromatic nitrogens is 3. The Morgan fingerprint density at radius 3 is 2.81 bits per heavy atom. The molecule has 16 heavy (non-hydrogen) atoms. The van der Waals surface area contributed by atoms with Crippen LogP contribution in [0.5, 0.6) is 6.08 Å². The minimum absolute atomic E-state index is 0.0988.